The molecule has 0 fully saturated rings. The molecule has 1 amide bonds. The summed E-state index contributed by atoms with van der Waals surface area (Å²) in [5.41, 5.74) is 0.729. The summed E-state index contributed by atoms with van der Waals surface area (Å²) in [5, 5.41) is 6.19. The molecule has 2 rings (SSSR count). The highest BCUT2D eigenvalue weighted by Crippen LogP contribution is 2.15. The summed E-state index contributed by atoms with van der Waals surface area (Å²) in [6, 6.07) is 13.9. The van der Waals surface area contributed by atoms with Crippen LogP contribution in [0, 0.1) is 0 Å². The molecule has 0 bridgehead atoms. The number of rotatable bonds is 5. The van der Waals surface area contributed by atoms with Gasteiger partial charge in [-0.05, 0) is 35.7 Å². The van der Waals surface area contributed by atoms with Crippen LogP contribution in [0.15, 0.2) is 42.5 Å². The Bertz CT molecular complexity index is 539. The van der Waals surface area contributed by atoms with Gasteiger partial charge in [-0.15, -0.1) is 0 Å². The van der Waals surface area contributed by atoms with Crippen molar-refractivity contribution in [1.82, 2.24) is 5.32 Å². The maximum Gasteiger partial charge on any atom is 0.251 e. The Morgan fingerprint density at radius 3 is 2.61 bits per heavy atom. The van der Waals surface area contributed by atoms with E-state index in [1.54, 1.807) is 0 Å². The van der Waals surface area contributed by atoms with Gasteiger partial charge in [0.05, 0.1) is 0 Å². The van der Waals surface area contributed by atoms with Crippen molar-refractivity contribution < 1.29 is 4.79 Å². The van der Waals surface area contributed by atoms with E-state index in [0.717, 1.165) is 41.1 Å². The van der Waals surface area contributed by atoms with Crippen molar-refractivity contribution in [2.45, 2.75) is 12.8 Å². The molecule has 0 saturated heterocycles. The fraction of sp³-hybridized carbons (Fsp3) is 0.267. The van der Waals surface area contributed by atoms with Crippen LogP contribution in [0.3, 0.4) is 0 Å². The van der Waals surface area contributed by atoms with Crippen LogP contribution in [0.4, 0.5) is 0 Å². The topological polar surface area (TPSA) is 29.1 Å². The van der Waals surface area contributed by atoms with Gasteiger partial charge in [-0.2, -0.15) is 0 Å². The Balaban J connectivity index is 2.04. The number of hydrogen-bond donors (Lipinski definition) is 1. The van der Waals surface area contributed by atoms with Crippen LogP contribution in [0.5, 0.6) is 0 Å². The quantitative estimate of drug-likeness (QED) is 0.661. The minimum atomic E-state index is 0.00956. The third kappa shape index (κ3) is 3.33. The molecule has 94 valence electrons. The molecule has 3 heteroatoms. The van der Waals surface area contributed by atoms with Gasteiger partial charge in [0.2, 0.25) is 0 Å². The molecule has 1 N–H and O–H groups in total. The Labute approximate surface area is 116 Å². The van der Waals surface area contributed by atoms with E-state index < -0.39 is 0 Å². The van der Waals surface area contributed by atoms with Crippen LogP contribution in [0.25, 0.3) is 10.8 Å². The van der Waals surface area contributed by atoms with Gasteiger partial charge in [0.1, 0.15) is 0 Å². The normalized spacial score (nSPS) is 10.5. The zero-order chi connectivity index (χ0) is 12.8. The van der Waals surface area contributed by atoms with Crippen LogP contribution in [0.1, 0.15) is 23.2 Å². The van der Waals surface area contributed by atoms with E-state index in [2.05, 4.69) is 21.2 Å². The first-order valence-electron chi connectivity index (χ1n) is 6.14. The summed E-state index contributed by atoms with van der Waals surface area (Å²) in [6.07, 6.45) is 2.09. The second-order valence-electron chi connectivity index (χ2n) is 4.21. The van der Waals surface area contributed by atoms with Crippen molar-refractivity contribution in [3.63, 3.8) is 0 Å². The first-order valence-corrected chi connectivity index (χ1v) is 7.26. The molecular weight excluding hydrogens is 290 g/mol. The minimum Gasteiger partial charge on any atom is -0.352 e. The molecule has 0 radical (unpaired) electrons. The highest BCUT2D eigenvalue weighted by Gasteiger charge is 2.05. The molecule has 0 aromatic heterocycles. The van der Waals surface area contributed by atoms with Crippen molar-refractivity contribution >= 4 is 32.6 Å². The van der Waals surface area contributed by atoms with Crippen LogP contribution in [0.2, 0.25) is 0 Å². The van der Waals surface area contributed by atoms with Crippen LogP contribution in [-0.2, 0) is 0 Å². The number of benzene rings is 2. The summed E-state index contributed by atoms with van der Waals surface area (Å²) < 4.78 is 0. The average Bonchev–Trinajstić information content (AvgIpc) is 2.43. The predicted octanol–water partition coefficient (Wildman–Crippen LogP) is 3.74. The van der Waals surface area contributed by atoms with Crippen molar-refractivity contribution in [1.29, 1.82) is 0 Å². The van der Waals surface area contributed by atoms with Crippen molar-refractivity contribution in [2.24, 2.45) is 0 Å². The molecule has 0 saturated carbocycles. The van der Waals surface area contributed by atoms with Crippen molar-refractivity contribution in [2.75, 3.05) is 11.9 Å². The molecule has 0 spiro atoms. The SMILES string of the molecule is O=C(NCCCCBr)c1ccc2ccccc2c1. The lowest BCUT2D eigenvalue weighted by Gasteiger charge is -2.05. The molecule has 18 heavy (non-hydrogen) atoms. The van der Waals surface area contributed by atoms with E-state index in [1.165, 1.54) is 0 Å². The van der Waals surface area contributed by atoms with E-state index in [1.807, 2.05) is 42.5 Å². The number of unbranched alkanes of at least 4 members (excludes halogenated alkanes) is 1. The molecule has 0 atom stereocenters. The summed E-state index contributed by atoms with van der Waals surface area (Å²) >= 11 is 3.38. The monoisotopic (exact) mass is 305 g/mol. The minimum absolute atomic E-state index is 0.00956. The molecule has 0 aliphatic carbocycles. The lowest BCUT2D eigenvalue weighted by molar-refractivity contribution is 0.0953. The number of nitrogens with one attached hydrogen (secondary N) is 1. The third-order valence-electron chi connectivity index (χ3n) is 2.86. The van der Waals surface area contributed by atoms with Crippen LogP contribution >= 0.6 is 15.9 Å². The van der Waals surface area contributed by atoms with E-state index >= 15 is 0 Å². The molecule has 0 aliphatic heterocycles. The first-order chi connectivity index (χ1) is 8.81. The Kier molecular flexibility index (Phi) is 4.76. The molecule has 0 unspecified atom stereocenters. The maximum absolute atomic E-state index is 11.9. The van der Waals surface area contributed by atoms with Crippen LogP contribution < -0.4 is 5.32 Å². The highest BCUT2D eigenvalue weighted by atomic mass is 79.9. The second kappa shape index (κ2) is 6.55. The molecule has 0 heterocycles. The predicted molar refractivity (Wildman–Crippen MR) is 79.3 cm³/mol. The first kappa shape index (κ1) is 13.1. The van der Waals surface area contributed by atoms with Gasteiger partial charge >= 0.3 is 0 Å². The summed E-state index contributed by atoms with van der Waals surface area (Å²) in [6.45, 7) is 0.733. The number of amides is 1. The standard InChI is InChI=1S/C15H16BrNO/c16-9-3-4-10-17-15(18)14-8-7-12-5-1-2-6-13(12)11-14/h1-2,5-8,11H,3-4,9-10H2,(H,17,18). The summed E-state index contributed by atoms with van der Waals surface area (Å²) in [5.74, 6) is 0.00956. The van der Waals surface area contributed by atoms with Gasteiger partial charge in [-0.3, -0.25) is 4.79 Å². The smallest absolute Gasteiger partial charge is 0.251 e. The lowest BCUT2D eigenvalue weighted by Crippen LogP contribution is -2.24. The average molecular weight is 306 g/mol. The molecule has 2 aromatic carbocycles. The molecular formula is C15H16BrNO. The molecule has 2 nitrogen and oxygen atoms in total. The Morgan fingerprint density at radius 1 is 1.06 bits per heavy atom. The van der Waals surface area contributed by atoms with Gasteiger partial charge in [0.25, 0.3) is 5.91 Å². The van der Waals surface area contributed by atoms with Gasteiger partial charge in [-0.25, -0.2) is 0 Å². The van der Waals surface area contributed by atoms with Crippen molar-refractivity contribution in [3.8, 4) is 0 Å². The number of halogens is 1. The summed E-state index contributed by atoms with van der Waals surface area (Å²) in [4.78, 5) is 11.9. The maximum atomic E-state index is 11.9. The summed E-state index contributed by atoms with van der Waals surface area (Å²) in [7, 11) is 0. The van der Waals surface area contributed by atoms with E-state index in [-0.39, 0.29) is 5.91 Å². The largest absolute Gasteiger partial charge is 0.352 e. The van der Waals surface area contributed by atoms with E-state index in [4.69, 9.17) is 0 Å². The molecule has 2 aromatic rings. The number of carbonyl (C=O) groups is 1. The number of hydrogen-bond acceptors (Lipinski definition) is 1. The van der Waals surface area contributed by atoms with Gasteiger partial charge in [0.15, 0.2) is 0 Å². The van der Waals surface area contributed by atoms with E-state index in [0.29, 0.717) is 0 Å². The van der Waals surface area contributed by atoms with Gasteiger partial charge in [0, 0.05) is 17.4 Å². The Morgan fingerprint density at radius 2 is 1.83 bits per heavy atom. The van der Waals surface area contributed by atoms with Crippen LogP contribution in [-0.4, -0.2) is 17.8 Å². The molecule has 0 aliphatic rings. The fourth-order valence-corrected chi connectivity index (χ4v) is 2.25. The zero-order valence-corrected chi connectivity index (χ0v) is 11.7. The number of fused-ring (bicyclic) bond motifs is 1. The second-order valence-corrected chi connectivity index (χ2v) is 5.01. The highest BCUT2D eigenvalue weighted by molar-refractivity contribution is 9.09. The third-order valence-corrected chi connectivity index (χ3v) is 3.42. The Hall–Kier alpha value is -1.35. The van der Waals surface area contributed by atoms with Crippen molar-refractivity contribution in [3.05, 3.63) is 48.0 Å². The zero-order valence-electron chi connectivity index (χ0n) is 10.2. The lowest BCUT2D eigenvalue weighted by atomic mass is 10.1. The number of carbonyl (C=O) groups excluding carboxylic acids is 1. The van der Waals surface area contributed by atoms with Gasteiger partial charge < -0.3 is 5.32 Å². The van der Waals surface area contributed by atoms with E-state index in [9.17, 15) is 4.79 Å². The number of alkyl halides is 1. The fourth-order valence-electron chi connectivity index (χ4n) is 1.85. The van der Waals surface area contributed by atoms with Gasteiger partial charge in [-0.1, -0.05) is 46.3 Å².